The Bertz CT molecular complexity index is 453. The van der Waals surface area contributed by atoms with Gasteiger partial charge >= 0.3 is 0 Å². The molecule has 0 unspecified atom stereocenters. The quantitative estimate of drug-likeness (QED) is 0.749. The van der Waals surface area contributed by atoms with Crippen molar-refractivity contribution in [3.8, 4) is 5.75 Å². The monoisotopic (exact) mass is 265 g/mol. The SMILES string of the molecule is CC(CO)(CO)NCc1ccc2c(c1)CC(C)(C)O2. The summed E-state index contributed by atoms with van der Waals surface area (Å²) in [6.07, 6.45) is 0.910. The van der Waals surface area contributed by atoms with Gasteiger partial charge in [0.1, 0.15) is 11.4 Å². The number of aliphatic hydroxyl groups is 2. The fourth-order valence-electron chi connectivity index (χ4n) is 2.25. The Balaban J connectivity index is 2.05. The lowest BCUT2D eigenvalue weighted by Gasteiger charge is -2.26. The van der Waals surface area contributed by atoms with Gasteiger partial charge in [0.15, 0.2) is 0 Å². The summed E-state index contributed by atoms with van der Waals surface area (Å²) in [5, 5.41) is 21.7. The molecular formula is C15H23NO3. The van der Waals surface area contributed by atoms with E-state index in [-0.39, 0.29) is 18.8 Å². The number of benzene rings is 1. The van der Waals surface area contributed by atoms with Crippen molar-refractivity contribution in [3.63, 3.8) is 0 Å². The molecule has 0 amide bonds. The lowest BCUT2D eigenvalue weighted by molar-refractivity contribution is 0.103. The largest absolute Gasteiger partial charge is 0.487 e. The van der Waals surface area contributed by atoms with Gasteiger partial charge in [-0.3, -0.25) is 0 Å². The Labute approximate surface area is 114 Å². The minimum atomic E-state index is -0.644. The predicted octanol–water partition coefficient (Wildman–Crippen LogP) is 1.23. The molecule has 4 heteroatoms. The van der Waals surface area contributed by atoms with Gasteiger partial charge in [-0.05, 0) is 38.0 Å². The molecule has 0 saturated carbocycles. The number of rotatable bonds is 5. The molecule has 0 aromatic heterocycles. The molecule has 19 heavy (non-hydrogen) atoms. The van der Waals surface area contributed by atoms with Gasteiger partial charge in [0.05, 0.1) is 18.8 Å². The minimum Gasteiger partial charge on any atom is -0.487 e. The summed E-state index contributed by atoms with van der Waals surface area (Å²) in [6.45, 7) is 6.39. The van der Waals surface area contributed by atoms with Crippen molar-refractivity contribution >= 4 is 0 Å². The van der Waals surface area contributed by atoms with Gasteiger partial charge < -0.3 is 20.3 Å². The normalized spacial score (nSPS) is 17.1. The van der Waals surface area contributed by atoms with E-state index in [4.69, 9.17) is 4.74 Å². The zero-order valence-corrected chi connectivity index (χ0v) is 11.9. The van der Waals surface area contributed by atoms with Crippen LogP contribution in [0.4, 0.5) is 0 Å². The van der Waals surface area contributed by atoms with Crippen LogP contribution in [-0.4, -0.2) is 34.6 Å². The fraction of sp³-hybridized carbons (Fsp3) is 0.600. The first kappa shape index (κ1) is 14.3. The summed E-state index contributed by atoms with van der Waals surface area (Å²) < 4.78 is 5.84. The van der Waals surface area contributed by atoms with E-state index >= 15 is 0 Å². The van der Waals surface area contributed by atoms with Crippen LogP contribution in [0.15, 0.2) is 18.2 Å². The molecular weight excluding hydrogens is 242 g/mol. The molecule has 0 spiro atoms. The Hall–Kier alpha value is -1.10. The highest BCUT2D eigenvalue weighted by atomic mass is 16.5. The van der Waals surface area contributed by atoms with Crippen LogP contribution in [-0.2, 0) is 13.0 Å². The molecule has 1 heterocycles. The van der Waals surface area contributed by atoms with Gasteiger partial charge in [-0.1, -0.05) is 12.1 Å². The second kappa shape index (κ2) is 5.12. The molecule has 1 aliphatic rings. The molecule has 0 radical (unpaired) electrons. The molecule has 2 rings (SSSR count). The highest BCUT2D eigenvalue weighted by Crippen LogP contribution is 2.35. The Morgan fingerprint density at radius 1 is 1.32 bits per heavy atom. The van der Waals surface area contributed by atoms with Crippen molar-refractivity contribution in [2.24, 2.45) is 0 Å². The number of hydrogen-bond acceptors (Lipinski definition) is 4. The van der Waals surface area contributed by atoms with Crippen LogP contribution >= 0.6 is 0 Å². The molecule has 1 aliphatic heterocycles. The maximum absolute atomic E-state index is 9.24. The van der Waals surface area contributed by atoms with Crippen molar-refractivity contribution in [3.05, 3.63) is 29.3 Å². The van der Waals surface area contributed by atoms with Gasteiger partial charge in [0.2, 0.25) is 0 Å². The summed E-state index contributed by atoms with van der Waals surface area (Å²) in [6, 6.07) is 6.14. The Morgan fingerprint density at radius 3 is 2.63 bits per heavy atom. The predicted molar refractivity (Wildman–Crippen MR) is 74.3 cm³/mol. The van der Waals surface area contributed by atoms with Crippen LogP contribution in [0, 0.1) is 0 Å². The molecule has 0 fully saturated rings. The van der Waals surface area contributed by atoms with E-state index in [9.17, 15) is 10.2 Å². The minimum absolute atomic E-state index is 0.0927. The topological polar surface area (TPSA) is 61.7 Å². The molecule has 1 aromatic carbocycles. The first-order chi connectivity index (χ1) is 8.87. The van der Waals surface area contributed by atoms with Crippen LogP contribution < -0.4 is 10.1 Å². The van der Waals surface area contributed by atoms with Crippen molar-refractivity contribution in [2.75, 3.05) is 13.2 Å². The highest BCUT2D eigenvalue weighted by Gasteiger charge is 2.30. The van der Waals surface area contributed by atoms with Crippen molar-refractivity contribution in [1.82, 2.24) is 5.32 Å². The molecule has 0 saturated heterocycles. The Kier molecular flexibility index (Phi) is 3.85. The highest BCUT2D eigenvalue weighted by molar-refractivity contribution is 5.41. The summed E-state index contributed by atoms with van der Waals surface area (Å²) in [5.74, 6) is 0.959. The molecule has 0 aliphatic carbocycles. The van der Waals surface area contributed by atoms with E-state index in [0.29, 0.717) is 6.54 Å². The van der Waals surface area contributed by atoms with E-state index in [1.54, 1.807) is 6.92 Å². The molecule has 1 aromatic rings. The average molecular weight is 265 g/mol. The average Bonchev–Trinajstić information content (AvgIpc) is 2.69. The third-order valence-corrected chi connectivity index (χ3v) is 3.54. The second-order valence-corrected chi connectivity index (χ2v) is 6.21. The van der Waals surface area contributed by atoms with Gasteiger partial charge in [-0.25, -0.2) is 0 Å². The van der Waals surface area contributed by atoms with Crippen LogP contribution in [0.25, 0.3) is 0 Å². The van der Waals surface area contributed by atoms with E-state index in [1.165, 1.54) is 5.56 Å². The molecule has 4 nitrogen and oxygen atoms in total. The van der Waals surface area contributed by atoms with E-state index in [2.05, 4.69) is 25.2 Å². The molecule has 106 valence electrons. The zero-order valence-electron chi connectivity index (χ0n) is 11.9. The van der Waals surface area contributed by atoms with E-state index in [0.717, 1.165) is 17.7 Å². The van der Waals surface area contributed by atoms with E-state index < -0.39 is 5.54 Å². The van der Waals surface area contributed by atoms with Crippen molar-refractivity contribution < 1.29 is 14.9 Å². The van der Waals surface area contributed by atoms with Crippen LogP contribution in [0.5, 0.6) is 5.75 Å². The van der Waals surface area contributed by atoms with Crippen LogP contribution in [0.2, 0.25) is 0 Å². The van der Waals surface area contributed by atoms with Gasteiger partial charge in [0, 0.05) is 13.0 Å². The smallest absolute Gasteiger partial charge is 0.123 e. The summed E-state index contributed by atoms with van der Waals surface area (Å²) in [7, 11) is 0. The van der Waals surface area contributed by atoms with Gasteiger partial charge in [-0.2, -0.15) is 0 Å². The molecule has 0 bridgehead atoms. The lowest BCUT2D eigenvalue weighted by Crippen LogP contribution is -2.48. The summed E-state index contributed by atoms with van der Waals surface area (Å²) >= 11 is 0. The van der Waals surface area contributed by atoms with E-state index in [1.807, 2.05) is 12.1 Å². The maximum Gasteiger partial charge on any atom is 0.123 e. The number of nitrogens with one attached hydrogen (secondary N) is 1. The second-order valence-electron chi connectivity index (χ2n) is 6.21. The summed E-state index contributed by atoms with van der Waals surface area (Å²) in [4.78, 5) is 0. The molecule has 3 N–H and O–H groups in total. The third kappa shape index (κ3) is 3.26. The number of fused-ring (bicyclic) bond motifs is 1. The maximum atomic E-state index is 9.24. The van der Waals surface area contributed by atoms with Crippen molar-refractivity contribution in [2.45, 2.75) is 44.9 Å². The first-order valence-corrected chi connectivity index (χ1v) is 6.65. The summed E-state index contributed by atoms with van der Waals surface area (Å²) in [5.41, 5.74) is 1.58. The Morgan fingerprint density at radius 2 is 2.00 bits per heavy atom. The van der Waals surface area contributed by atoms with Gasteiger partial charge in [-0.15, -0.1) is 0 Å². The zero-order chi connectivity index (χ0) is 14.1. The lowest BCUT2D eigenvalue weighted by atomic mass is 9.99. The fourth-order valence-corrected chi connectivity index (χ4v) is 2.25. The van der Waals surface area contributed by atoms with Crippen LogP contribution in [0.1, 0.15) is 31.9 Å². The molecule has 0 atom stereocenters. The van der Waals surface area contributed by atoms with Gasteiger partial charge in [0.25, 0.3) is 0 Å². The third-order valence-electron chi connectivity index (χ3n) is 3.54. The first-order valence-electron chi connectivity index (χ1n) is 6.65. The number of ether oxygens (including phenoxy) is 1. The number of hydrogen-bond donors (Lipinski definition) is 3. The van der Waals surface area contributed by atoms with Crippen LogP contribution in [0.3, 0.4) is 0 Å². The van der Waals surface area contributed by atoms with Crippen molar-refractivity contribution in [1.29, 1.82) is 0 Å². The number of aliphatic hydroxyl groups excluding tert-OH is 2. The standard InChI is InChI=1S/C15H23NO3/c1-14(2)7-12-6-11(4-5-13(12)19-14)8-16-15(3,9-17)10-18/h4-6,16-18H,7-10H2,1-3H3.